The van der Waals surface area contributed by atoms with Crippen LogP contribution in [0.25, 0.3) is 0 Å². The standard InChI is InChI=1S/C33H46N6O9/c1-21-15-30(45)39(33(21)47)14-8-4-7-11-26(41)34-17-27(42)35-19-29(44)38-25(16-23-9-5-3-6-10-23)32(46)36-18-28(43)37-20-48-31(22(2)40)24-12-13-24/h3,5-6,9-10,21,24-25,31H,4,7-8,11-20H2,1-2H3,(H,34,41)(H,35,42)(H,36,46)(H,37,43)(H,38,44)/t21-,25-,31+/m0/s1. The normalized spacial score (nSPS) is 16.9. The second-order valence-corrected chi connectivity index (χ2v) is 12.2. The molecule has 2 fully saturated rings. The van der Waals surface area contributed by atoms with E-state index >= 15 is 0 Å². The second kappa shape index (κ2) is 19.2. The van der Waals surface area contributed by atoms with Gasteiger partial charge in [0.25, 0.3) is 0 Å². The molecule has 7 amide bonds. The Hall–Kier alpha value is -4.66. The van der Waals surface area contributed by atoms with Crippen molar-refractivity contribution in [3.63, 3.8) is 0 Å². The van der Waals surface area contributed by atoms with Crippen molar-refractivity contribution in [3.05, 3.63) is 35.9 Å². The Morgan fingerprint density at radius 2 is 1.48 bits per heavy atom. The number of likely N-dealkylation sites (tertiary alicyclic amines) is 1. The number of nitrogens with one attached hydrogen (secondary N) is 5. The number of ether oxygens (including phenoxy) is 1. The largest absolute Gasteiger partial charge is 0.350 e. The van der Waals surface area contributed by atoms with Crippen LogP contribution >= 0.6 is 0 Å². The van der Waals surface area contributed by atoms with Crippen LogP contribution in [0.3, 0.4) is 0 Å². The molecule has 3 rings (SSSR count). The number of amides is 7. The summed E-state index contributed by atoms with van der Waals surface area (Å²) < 4.78 is 5.48. The van der Waals surface area contributed by atoms with Crippen LogP contribution < -0.4 is 26.6 Å². The number of nitrogens with zero attached hydrogens (tertiary/aromatic N) is 1. The average Bonchev–Trinajstić information content (AvgIpc) is 3.86. The summed E-state index contributed by atoms with van der Waals surface area (Å²) >= 11 is 0. The van der Waals surface area contributed by atoms with Gasteiger partial charge in [0.15, 0.2) is 5.78 Å². The van der Waals surface area contributed by atoms with Crippen molar-refractivity contribution in [1.82, 2.24) is 31.5 Å². The lowest BCUT2D eigenvalue weighted by Crippen LogP contribution is -2.52. The van der Waals surface area contributed by atoms with Gasteiger partial charge < -0.3 is 31.3 Å². The molecule has 15 heteroatoms. The number of ketones is 1. The molecule has 3 atom stereocenters. The van der Waals surface area contributed by atoms with Crippen molar-refractivity contribution in [2.45, 2.75) is 77.4 Å². The number of imide groups is 1. The highest BCUT2D eigenvalue weighted by Gasteiger charge is 2.35. The summed E-state index contributed by atoms with van der Waals surface area (Å²) in [5.41, 5.74) is 0.755. The molecule has 1 heterocycles. The first-order valence-corrected chi connectivity index (χ1v) is 16.3. The van der Waals surface area contributed by atoms with Crippen LogP contribution in [0.5, 0.6) is 0 Å². The van der Waals surface area contributed by atoms with E-state index in [1.54, 1.807) is 37.3 Å². The Balaban J connectivity index is 1.34. The Morgan fingerprint density at radius 3 is 2.12 bits per heavy atom. The van der Waals surface area contributed by atoms with Gasteiger partial charge in [-0.1, -0.05) is 43.7 Å². The van der Waals surface area contributed by atoms with E-state index in [4.69, 9.17) is 4.74 Å². The molecule has 1 aliphatic heterocycles. The summed E-state index contributed by atoms with van der Waals surface area (Å²) in [4.78, 5) is 99.0. The molecule has 1 saturated carbocycles. The Bertz CT molecular complexity index is 1330. The summed E-state index contributed by atoms with van der Waals surface area (Å²) in [6.07, 6.45) is 3.49. The fourth-order valence-corrected chi connectivity index (χ4v) is 5.18. The topological polar surface area (TPSA) is 209 Å². The minimum absolute atomic E-state index is 0.105. The summed E-state index contributed by atoms with van der Waals surface area (Å²) in [5.74, 6) is -3.31. The molecular formula is C33H46N6O9. The van der Waals surface area contributed by atoms with Gasteiger partial charge in [-0.2, -0.15) is 0 Å². The SMILES string of the molecule is CC(=O)[C@@H](OCNC(=O)CNC(=O)[C@H](Cc1ccccc1)NC(=O)CNC(=O)CNC(=O)CCCCCN1C(=O)C[C@H](C)C1=O)C1CC1. The molecule has 0 aromatic heterocycles. The first-order chi connectivity index (χ1) is 22.9. The predicted molar refractivity (Wildman–Crippen MR) is 171 cm³/mol. The van der Waals surface area contributed by atoms with Gasteiger partial charge in [-0.3, -0.25) is 43.3 Å². The second-order valence-electron chi connectivity index (χ2n) is 12.2. The van der Waals surface area contributed by atoms with E-state index in [2.05, 4.69) is 26.6 Å². The smallest absolute Gasteiger partial charge is 0.243 e. The molecule has 0 radical (unpaired) electrons. The van der Waals surface area contributed by atoms with Crippen LogP contribution in [0.15, 0.2) is 30.3 Å². The maximum atomic E-state index is 13.0. The molecule has 2 aliphatic rings. The van der Waals surface area contributed by atoms with E-state index in [1.807, 2.05) is 0 Å². The van der Waals surface area contributed by atoms with Gasteiger partial charge in [0.1, 0.15) is 18.9 Å². The van der Waals surface area contributed by atoms with Crippen molar-refractivity contribution < 1.29 is 43.1 Å². The Labute approximate surface area is 279 Å². The average molecular weight is 671 g/mol. The van der Waals surface area contributed by atoms with Gasteiger partial charge in [0.2, 0.25) is 41.4 Å². The molecule has 0 unspecified atom stereocenters. The third-order valence-electron chi connectivity index (χ3n) is 7.99. The fraction of sp³-hybridized carbons (Fsp3) is 0.576. The van der Waals surface area contributed by atoms with Crippen LogP contribution in [0, 0.1) is 11.8 Å². The van der Waals surface area contributed by atoms with Gasteiger partial charge in [-0.25, -0.2) is 0 Å². The number of hydrogen-bond donors (Lipinski definition) is 5. The first kappa shape index (κ1) is 37.8. The number of carbonyl (C=O) groups is 8. The number of rotatable bonds is 21. The predicted octanol–water partition coefficient (Wildman–Crippen LogP) is -0.524. The molecule has 1 aliphatic carbocycles. The monoisotopic (exact) mass is 670 g/mol. The highest BCUT2D eigenvalue weighted by atomic mass is 16.5. The van der Waals surface area contributed by atoms with Gasteiger partial charge in [-0.05, 0) is 44.1 Å². The molecule has 0 bridgehead atoms. The lowest BCUT2D eigenvalue weighted by Gasteiger charge is -2.19. The lowest BCUT2D eigenvalue weighted by atomic mass is 10.1. The molecule has 1 aromatic rings. The molecule has 1 aromatic carbocycles. The van der Waals surface area contributed by atoms with Crippen molar-refractivity contribution in [3.8, 4) is 0 Å². The molecule has 0 spiro atoms. The first-order valence-electron chi connectivity index (χ1n) is 16.3. The number of benzene rings is 1. The lowest BCUT2D eigenvalue weighted by molar-refractivity contribution is -0.139. The van der Waals surface area contributed by atoms with Gasteiger partial charge in [0, 0.05) is 31.7 Å². The Kier molecular flexibility index (Phi) is 15.1. The molecule has 5 N–H and O–H groups in total. The van der Waals surface area contributed by atoms with E-state index in [1.165, 1.54) is 11.8 Å². The van der Waals surface area contributed by atoms with E-state index < -0.39 is 42.3 Å². The van der Waals surface area contributed by atoms with Crippen molar-refractivity contribution >= 4 is 47.1 Å². The summed E-state index contributed by atoms with van der Waals surface area (Å²) in [7, 11) is 0. The van der Waals surface area contributed by atoms with Crippen molar-refractivity contribution in [1.29, 1.82) is 0 Å². The van der Waals surface area contributed by atoms with Crippen LogP contribution in [-0.2, 0) is 49.5 Å². The molecule has 1 saturated heterocycles. The minimum Gasteiger partial charge on any atom is -0.350 e. The zero-order valence-corrected chi connectivity index (χ0v) is 27.5. The highest BCUT2D eigenvalue weighted by molar-refractivity contribution is 6.03. The zero-order valence-electron chi connectivity index (χ0n) is 27.5. The minimum atomic E-state index is -1.05. The number of carbonyl (C=O) groups excluding carboxylic acids is 8. The van der Waals surface area contributed by atoms with E-state index in [-0.39, 0.29) is 74.4 Å². The van der Waals surface area contributed by atoms with Crippen LogP contribution in [-0.4, -0.2) is 97.1 Å². The van der Waals surface area contributed by atoms with Gasteiger partial charge in [-0.15, -0.1) is 0 Å². The third-order valence-corrected chi connectivity index (χ3v) is 7.99. The molecular weight excluding hydrogens is 624 g/mol. The fourth-order valence-electron chi connectivity index (χ4n) is 5.18. The van der Waals surface area contributed by atoms with Crippen LogP contribution in [0.4, 0.5) is 0 Å². The summed E-state index contributed by atoms with van der Waals surface area (Å²) in [5, 5.41) is 12.4. The van der Waals surface area contributed by atoms with E-state index in [0.717, 1.165) is 18.4 Å². The van der Waals surface area contributed by atoms with Crippen molar-refractivity contribution in [2.24, 2.45) is 11.8 Å². The van der Waals surface area contributed by atoms with Crippen LogP contribution in [0.1, 0.15) is 64.4 Å². The Morgan fingerprint density at radius 1 is 0.833 bits per heavy atom. The maximum absolute atomic E-state index is 13.0. The molecule has 262 valence electrons. The number of Topliss-reactive ketones (excluding diaryl/α,β-unsaturated/α-hetero) is 1. The number of hydrogen-bond acceptors (Lipinski definition) is 9. The van der Waals surface area contributed by atoms with E-state index in [9.17, 15) is 38.4 Å². The van der Waals surface area contributed by atoms with Crippen molar-refractivity contribution in [2.75, 3.05) is 32.9 Å². The summed E-state index contributed by atoms with van der Waals surface area (Å²) in [6.45, 7) is 2.14. The van der Waals surface area contributed by atoms with Crippen LogP contribution in [0.2, 0.25) is 0 Å². The maximum Gasteiger partial charge on any atom is 0.243 e. The van der Waals surface area contributed by atoms with E-state index in [0.29, 0.717) is 25.8 Å². The molecule has 15 nitrogen and oxygen atoms in total. The summed E-state index contributed by atoms with van der Waals surface area (Å²) in [6, 6.07) is 7.87. The zero-order chi connectivity index (χ0) is 35.1. The molecule has 48 heavy (non-hydrogen) atoms. The third kappa shape index (κ3) is 13.2. The quantitative estimate of drug-likeness (QED) is 0.0646. The van der Waals surface area contributed by atoms with Gasteiger partial charge in [0.05, 0.1) is 19.6 Å². The number of unbranched alkanes of at least 4 members (excludes halogenated alkanes) is 2. The highest BCUT2D eigenvalue weighted by Crippen LogP contribution is 2.34. The van der Waals surface area contributed by atoms with Gasteiger partial charge >= 0.3 is 0 Å².